The molecule has 0 saturated carbocycles. The van der Waals surface area contributed by atoms with Gasteiger partial charge in [-0.1, -0.05) is 36.4 Å². The highest BCUT2D eigenvalue weighted by molar-refractivity contribution is 5.93. The number of hydrogen-bond acceptors (Lipinski definition) is 4. The molecular formula is C23H24N4O. The first-order valence-corrected chi connectivity index (χ1v) is 9.68. The van der Waals surface area contributed by atoms with E-state index in [4.69, 9.17) is 0 Å². The Labute approximate surface area is 165 Å². The van der Waals surface area contributed by atoms with Crippen LogP contribution in [0.5, 0.6) is 0 Å². The van der Waals surface area contributed by atoms with E-state index in [2.05, 4.69) is 65.1 Å². The van der Waals surface area contributed by atoms with Crippen LogP contribution in [0.1, 0.15) is 34.1 Å². The minimum Gasteiger partial charge on any atom is -0.333 e. The molecule has 4 rings (SSSR count). The van der Waals surface area contributed by atoms with Crippen molar-refractivity contribution in [3.8, 4) is 0 Å². The summed E-state index contributed by atoms with van der Waals surface area (Å²) in [7, 11) is 0. The third-order valence-electron chi connectivity index (χ3n) is 5.20. The number of amides is 1. The van der Waals surface area contributed by atoms with Gasteiger partial charge in [-0.2, -0.15) is 0 Å². The number of fused-ring (bicyclic) bond motifs is 1. The molecule has 0 aliphatic carbocycles. The van der Waals surface area contributed by atoms with Gasteiger partial charge in [0.15, 0.2) is 0 Å². The lowest BCUT2D eigenvalue weighted by atomic mass is 10.00. The van der Waals surface area contributed by atoms with Gasteiger partial charge in [-0.15, -0.1) is 0 Å². The number of carbonyl (C=O) groups excluding carboxylic acids is 1. The van der Waals surface area contributed by atoms with Gasteiger partial charge in [-0.25, -0.2) is 9.97 Å². The maximum atomic E-state index is 13.1. The predicted octanol–water partition coefficient (Wildman–Crippen LogP) is 4.14. The van der Waals surface area contributed by atoms with Gasteiger partial charge < -0.3 is 9.80 Å². The Bertz CT molecular complexity index is 1000. The van der Waals surface area contributed by atoms with Crippen molar-refractivity contribution in [2.75, 3.05) is 18.0 Å². The average molecular weight is 372 g/mol. The van der Waals surface area contributed by atoms with Gasteiger partial charge in [0.1, 0.15) is 17.8 Å². The van der Waals surface area contributed by atoms with Crippen LogP contribution >= 0.6 is 0 Å². The second-order valence-corrected chi connectivity index (χ2v) is 7.09. The first kappa shape index (κ1) is 18.2. The number of aryl methyl sites for hydroxylation is 1. The highest BCUT2D eigenvalue weighted by Gasteiger charge is 2.23. The molecule has 0 unspecified atom stereocenters. The van der Waals surface area contributed by atoms with Gasteiger partial charge in [-0.3, -0.25) is 4.79 Å². The summed E-state index contributed by atoms with van der Waals surface area (Å²) in [6, 6.07) is 18.4. The first-order valence-electron chi connectivity index (χ1n) is 9.68. The van der Waals surface area contributed by atoms with Crippen molar-refractivity contribution in [2.24, 2.45) is 0 Å². The van der Waals surface area contributed by atoms with Crippen LogP contribution in [-0.2, 0) is 13.0 Å². The van der Waals surface area contributed by atoms with Crippen LogP contribution in [0.3, 0.4) is 0 Å². The van der Waals surface area contributed by atoms with E-state index in [9.17, 15) is 4.79 Å². The van der Waals surface area contributed by atoms with Crippen LogP contribution in [0, 0.1) is 6.92 Å². The normalized spacial score (nSPS) is 13.1. The lowest BCUT2D eigenvalue weighted by Crippen LogP contribution is -2.36. The molecule has 1 aliphatic heterocycles. The van der Waals surface area contributed by atoms with E-state index in [0.29, 0.717) is 18.8 Å². The Hall–Kier alpha value is -3.21. The standard InChI is InChI=1S/C23H24N4O/c1-3-27(20-10-6-7-17(2)13-20)22-14-21(24-16-25-22)23(28)26-12-11-18-8-4-5-9-19(18)15-26/h4-10,13-14,16H,3,11-12,15H2,1-2H3. The Morgan fingerprint density at radius 2 is 1.89 bits per heavy atom. The lowest BCUT2D eigenvalue weighted by Gasteiger charge is -2.29. The molecule has 0 N–H and O–H groups in total. The highest BCUT2D eigenvalue weighted by Crippen LogP contribution is 2.25. The summed E-state index contributed by atoms with van der Waals surface area (Å²) in [6.07, 6.45) is 2.36. The predicted molar refractivity (Wildman–Crippen MR) is 111 cm³/mol. The number of aromatic nitrogens is 2. The second kappa shape index (κ2) is 7.80. The van der Waals surface area contributed by atoms with E-state index in [1.54, 1.807) is 6.07 Å². The molecule has 5 heteroatoms. The summed E-state index contributed by atoms with van der Waals surface area (Å²) in [6.45, 7) is 6.24. The van der Waals surface area contributed by atoms with Crippen molar-refractivity contribution in [1.29, 1.82) is 0 Å². The van der Waals surface area contributed by atoms with Crippen molar-refractivity contribution in [1.82, 2.24) is 14.9 Å². The summed E-state index contributed by atoms with van der Waals surface area (Å²) >= 11 is 0. The van der Waals surface area contributed by atoms with Gasteiger partial charge in [0.25, 0.3) is 5.91 Å². The third-order valence-corrected chi connectivity index (χ3v) is 5.20. The Morgan fingerprint density at radius 3 is 2.68 bits per heavy atom. The van der Waals surface area contributed by atoms with Crippen molar-refractivity contribution < 1.29 is 4.79 Å². The van der Waals surface area contributed by atoms with Crippen LogP contribution in [0.2, 0.25) is 0 Å². The molecule has 3 aromatic rings. The summed E-state index contributed by atoms with van der Waals surface area (Å²) in [5.41, 5.74) is 5.23. The Morgan fingerprint density at radius 1 is 1.07 bits per heavy atom. The molecule has 0 saturated heterocycles. The number of benzene rings is 2. The van der Waals surface area contributed by atoms with Crippen LogP contribution < -0.4 is 4.90 Å². The highest BCUT2D eigenvalue weighted by atomic mass is 16.2. The maximum absolute atomic E-state index is 13.1. The zero-order valence-corrected chi connectivity index (χ0v) is 16.3. The smallest absolute Gasteiger partial charge is 0.272 e. The van der Waals surface area contributed by atoms with E-state index >= 15 is 0 Å². The van der Waals surface area contributed by atoms with Crippen LogP contribution in [-0.4, -0.2) is 33.9 Å². The zero-order valence-electron chi connectivity index (χ0n) is 16.3. The number of anilines is 2. The fourth-order valence-electron chi connectivity index (χ4n) is 3.72. The zero-order chi connectivity index (χ0) is 19.5. The van der Waals surface area contributed by atoms with Gasteiger partial charge in [0.2, 0.25) is 0 Å². The third kappa shape index (κ3) is 3.60. The van der Waals surface area contributed by atoms with E-state index in [1.807, 2.05) is 17.0 Å². The van der Waals surface area contributed by atoms with Gasteiger partial charge >= 0.3 is 0 Å². The summed E-state index contributed by atoms with van der Waals surface area (Å²) < 4.78 is 0. The Balaban J connectivity index is 1.59. The first-order chi connectivity index (χ1) is 13.7. The molecule has 2 heterocycles. The molecule has 142 valence electrons. The van der Waals surface area contributed by atoms with E-state index in [1.165, 1.54) is 23.0 Å². The summed E-state index contributed by atoms with van der Waals surface area (Å²) in [5, 5.41) is 0. The molecule has 0 bridgehead atoms. The molecule has 5 nitrogen and oxygen atoms in total. The molecule has 1 aromatic heterocycles. The topological polar surface area (TPSA) is 49.3 Å². The van der Waals surface area contributed by atoms with E-state index < -0.39 is 0 Å². The number of hydrogen-bond donors (Lipinski definition) is 0. The quantitative estimate of drug-likeness (QED) is 0.691. The van der Waals surface area contributed by atoms with E-state index in [0.717, 1.165) is 24.5 Å². The SMILES string of the molecule is CCN(c1cccc(C)c1)c1cc(C(=O)N2CCc3ccccc3C2)ncn1. The lowest BCUT2D eigenvalue weighted by molar-refractivity contribution is 0.0728. The van der Waals surface area contributed by atoms with Crippen molar-refractivity contribution in [3.05, 3.63) is 83.3 Å². The van der Waals surface area contributed by atoms with Gasteiger partial charge in [0.05, 0.1) is 0 Å². The number of carbonyl (C=O) groups is 1. The molecular weight excluding hydrogens is 348 g/mol. The molecule has 0 radical (unpaired) electrons. The second-order valence-electron chi connectivity index (χ2n) is 7.09. The molecule has 0 fully saturated rings. The van der Waals surface area contributed by atoms with Gasteiger partial charge in [0, 0.05) is 31.4 Å². The molecule has 0 spiro atoms. The molecule has 1 amide bonds. The number of rotatable bonds is 4. The fraction of sp³-hybridized carbons (Fsp3) is 0.261. The molecule has 28 heavy (non-hydrogen) atoms. The molecule has 1 aliphatic rings. The Kier molecular flexibility index (Phi) is 5.06. The number of nitrogens with zero attached hydrogens (tertiary/aromatic N) is 4. The summed E-state index contributed by atoms with van der Waals surface area (Å²) in [4.78, 5) is 25.7. The van der Waals surface area contributed by atoms with Gasteiger partial charge in [-0.05, 0) is 49.1 Å². The monoisotopic (exact) mass is 372 g/mol. The van der Waals surface area contributed by atoms with Crippen molar-refractivity contribution in [2.45, 2.75) is 26.8 Å². The molecule has 0 atom stereocenters. The molecule has 2 aromatic carbocycles. The van der Waals surface area contributed by atoms with Crippen LogP contribution in [0.4, 0.5) is 11.5 Å². The van der Waals surface area contributed by atoms with E-state index in [-0.39, 0.29) is 5.91 Å². The van der Waals surface area contributed by atoms with Crippen molar-refractivity contribution >= 4 is 17.4 Å². The van der Waals surface area contributed by atoms with Crippen molar-refractivity contribution in [3.63, 3.8) is 0 Å². The van der Waals surface area contributed by atoms with Crippen LogP contribution in [0.15, 0.2) is 60.9 Å². The summed E-state index contributed by atoms with van der Waals surface area (Å²) in [5.74, 6) is 0.697. The minimum absolute atomic E-state index is 0.0431. The maximum Gasteiger partial charge on any atom is 0.272 e. The van der Waals surface area contributed by atoms with Crippen LogP contribution in [0.25, 0.3) is 0 Å². The fourth-order valence-corrected chi connectivity index (χ4v) is 3.72. The minimum atomic E-state index is -0.0431. The largest absolute Gasteiger partial charge is 0.333 e. The average Bonchev–Trinajstić information content (AvgIpc) is 2.74.